The highest BCUT2D eigenvalue weighted by molar-refractivity contribution is 5.79. The van der Waals surface area contributed by atoms with Crippen molar-refractivity contribution < 1.29 is 4.79 Å². The van der Waals surface area contributed by atoms with Crippen LogP contribution in [-0.4, -0.2) is 38.7 Å². The first-order valence-corrected chi connectivity index (χ1v) is 7.58. The quantitative estimate of drug-likeness (QED) is 0.835. The summed E-state index contributed by atoms with van der Waals surface area (Å²) in [6.45, 7) is 0.644. The van der Waals surface area contributed by atoms with Gasteiger partial charge in [-0.25, -0.2) is 4.68 Å². The van der Waals surface area contributed by atoms with E-state index in [1.165, 1.54) is 6.33 Å². The van der Waals surface area contributed by atoms with E-state index in [4.69, 9.17) is 5.73 Å². The minimum absolute atomic E-state index is 0.0560. The third-order valence-electron chi connectivity index (χ3n) is 4.22. The van der Waals surface area contributed by atoms with Crippen LogP contribution < -0.4 is 11.1 Å². The van der Waals surface area contributed by atoms with E-state index in [1.807, 2.05) is 24.3 Å². The van der Waals surface area contributed by atoms with E-state index >= 15 is 0 Å². The number of carbonyl (C=O) groups is 1. The van der Waals surface area contributed by atoms with Gasteiger partial charge >= 0.3 is 0 Å². The molecule has 1 aliphatic rings. The highest BCUT2D eigenvalue weighted by atomic mass is 16.1. The maximum absolute atomic E-state index is 12.2. The summed E-state index contributed by atoms with van der Waals surface area (Å²) in [4.78, 5) is 12.2. The van der Waals surface area contributed by atoms with Gasteiger partial charge in [-0.05, 0) is 53.4 Å². The number of carbonyl (C=O) groups excluding carboxylic acids is 1. The minimum Gasteiger partial charge on any atom is -0.353 e. The number of hydrogen-bond acceptors (Lipinski definition) is 5. The highest BCUT2D eigenvalue weighted by Crippen LogP contribution is 2.24. The van der Waals surface area contributed by atoms with E-state index < -0.39 is 0 Å². The van der Waals surface area contributed by atoms with Gasteiger partial charge in [0.05, 0.1) is 12.1 Å². The topological polar surface area (TPSA) is 98.7 Å². The van der Waals surface area contributed by atoms with Crippen molar-refractivity contribution in [3.8, 4) is 5.69 Å². The number of tetrazole rings is 1. The first-order valence-electron chi connectivity index (χ1n) is 7.58. The molecule has 0 bridgehead atoms. The summed E-state index contributed by atoms with van der Waals surface area (Å²) >= 11 is 0. The van der Waals surface area contributed by atoms with E-state index in [2.05, 4.69) is 20.8 Å². The molecule has 1 saturated carbocycles. The van der Waals surface area contributed by atoms with Crippen LogP contribution in [0.4, 0.5) is 0 Å². The van der Waals surface area contributed by atoms with Gasteiger partial charge in [-0.3, -0.25) is 4.79 Å². The lowest BCUT2D eigenvalue weighted by Gasteiger charge is -2.19. The van der Waals surface area contributed by atoms with Crippen molar-refractivity contribution in [2.24, 2.45) is 11.7 Å². The number of nitrogens with zero attached hydrogens (tertiary/aromatic N) is 4. The second-order valence-corrected chi connectivity index (χ2v) is 5.70. The van der Waals surface area contributed by atoms with Crippen LogP contribution in [0.3, 0.4) is 0 Å². The Hall–Kier alpha value is -2.28. The molecule has 0 radical (unpaired) electrons. The summed E-state index contributed by atoms with van der Waals surface area (Å²) in [5.41, 5.74) is 7.58. The summed E-state index contributed by atoms with van der Waals surface area (Å²) in [5, 5.41) is 14.1. The number of amides is 1. The Morgan fingerprint density at radius 2 is 2.14 bits per heavy atom. The zero-order valence-corrected chi connectivity index (χ0v) is 12.4. The van der Waals surface area contributed by atoms with Crippen molar-refractivity contribution >= 4 is 5.91 Å². The molecule has 0 saturated heterocycles. The lowest BCUT2D eigenvalue weighted by molar-refractivity contribution is -0.121. The third kappa shape index (κ3) is 3.30. The molecule has 0 spiro atoms. The van der Waals surface area contributed by atoms with Gasteiger partial charge in [0.25, 0.3) is 0 Å². The highest BCUT2D eigenvalue weighted by Gasteiger charge is 2.27. The van der Waals surface area contributed by atoms with Gasteiger partial charge < -0.3 is 11.1 Å². The van der Waals surface area contributed by atoms with Gasteiger partial charge in [-0.15, -0.1) is 5.10 Å². The number of benzene rings is 1. The maximum Gasteiger partial charge on any atom is 0.224 e. The Bertz CT molecular complexity index is 609. The Labute approximate surface area is 128 Å². The fourth-order valence-corrected chi connectivity index (χ4v) is 3.00. The Morgan fingerprint density at radius 1 is 1.32 bits per heavy atom. The molecular formula is C15H20N6O. The Morgan fingerprint density at radius 3 is 2.82 bits per heavy atom. The summed E-state index contributed by atoms with van der Waals surface area (Å²) in [6, 6.07) is 7.88. The van der Waals surface area contributed by atoms with Crippen molar-refractivity contribution in [3.63, 3.8) is 0 Å². The van der Waals surface area contributed by atoms with E-state index in [0.717, 1.165) is 30.5 Å². The molecule has 116 valence electrons. The first kappa shape index (κ1) is 14.6. The molecule has 22 heavy (non-hydrogen) atoms. The van der Waals surface area contributed by atoms with E-state index in [0.29, 0.717) is 18.9 Å². The van der Waals surface area contributed by atoms with E-state index in [-0.39, 0.29) is 11.9 Å². The molecule has 2 unspecified atom stereocenters. The molecule has 1 fully saturated rings. The van der Waals surface area contributed by atoms with E-state index in [1.54, 1.807) is 4.68 Å². The normalized spacial score (nSPS) is 21.0. The molecule has 1 amide bonds. The molecule has 3 rings (SSSR count). The first-order chi connectivity index (χ1) is 10.8. The molecule has 0 aliphatic heterocycles. The average Bonchev–Trinajstić information content (AvgIpc) is 3.19. The second-order valence-electron chi connectivity index (χ2n) is 5.70. The van der Waals surface area contributed by atoms with Crippen molar-refractivity contribution in [1.29, 1.82) is 0 Å². The molecule has 7 heteroatoms. The van der Waals surface area contributed by atoms with Crippen LogP contribution in [0.15, 0.2) is 30.6 Å². The van der Waals surface area contributed by atoms with Crippen LogP contribution >= 0.6 is 0 Å². The fourth-order valence-electron chi connectivity index (χ4n) is 3.00. The summed E-state index contributed by atoms with van der Waals surface area (Å²) in [6.07, 6.45) is 5.21. The van der Waals surface area contributed by atoms with Gasteiger partial charge in [0.2, 0.25) is 5.91 Å². The molecule has 1 aliphatic carbocycles. The molecule has 7 nitrogen and oxygen atoms in total. The number of nitrogens with one attached hydrogen (secondary N) is 1. The minimum atomic E-state index is 0.0560. The largest absolute Gasteiger partial charge is 0.353 e. The monoisotopic (exact) mass is 300 g/mol. The van der Waals surface area contributed by atoms with Gasteiger partial charge in [0.1, 0.15) is 6.33 Å². The third-order valence-corrected chi connectivity index (χ3v) is 4.22. The van der Waals surface area contributed by atoms with Crippen molar-refractivity contribution in [2.75, 3.05) is 6.54 Å². The SMILES string of the molecule is NCC1CCCC1NC(=O)Cc1ccc(-n2cnnn2)cc1. The molecular weight excluding hydrogens is 280 g/mol. The summed E-state index contributed by atoms with van der Waals surface area (Å²) in [7, 11) is 0. The summed E-state index contributed by atoms with van der Waals surface area (Å²) in [5.74, 6) is 0.478. The second kappa shape index (κ2) is 6.65. The van der Waals surface area contributed by atoms with Crippen molar-refractivity contribution in [2.45, 2.75) is 31.7 Å². The standard InChI is InChI=1S/C15H20N6O/c16-9-12-2-1-3-14(12)18-15(22)8-11-4-6-13(7-5-11)21-10-17-19-20-21/h4-7,10,12,14H,1-3,8-9,16H2,(H,18,22). The molecule has 2 atom stereocenters. The van der Waals surface area contributed by atoms with Crippen LogP contribution in [0.2, 0.25) is 0 Å². The van der Waals surface area contributed by atoms with Gasteiger partial charge in [-0.1, -0.05) is 18.6 Å². The Balaban J connectivity index is 1.57. The molecule has 1 heterocycles. The molecule has 1 aromatic heterocycles. The number of rotatable bonds is 5. The number of hydrogen-bond donors (Lipinski definition) is 2. The molecule has 1 aromatic carbocycles. The molecule has 2 aromatic rings. The van der Waals surface area contributed by atoms with Crippen LogP contribution in [0.5, 0.6) is 0 Å². The lowest BCUT2D eigenvalue weighted by Crippen LogP contribution is -2.40. The van der Waals surface area contributed by atoms with Gasteiger partial charge in [-0.2, -0.15) is 0 Å². The van der Waals surface area contributed by atoms with E-state index in [9.17, 15) is 4.79 Å². The number of aromatic nitrogens is 4. The van der Waals surface area contributed by atoms with Gasteiger partial charge in [0.15, 0.2) is 0 Å². The summed E-state index contributed by atoms with van der Waals surface area (Å²) < 4.78 is 1.58. The average molecular weight is 300 g/mol. The van der Waals surface area contributed by atoms with Crippen LogP contribution in [-0.2, 0) is 11.2 Å². The van der Waals surface area contributed by atoms with Gasteiger partial charge in [0, 0.05) is 6.04 Å². The lowest BCUT2D eigenvalue weighted by atomic mass is 10.0. The number of nitrogens with two attached hydrogens (primary N) is 1. The smallest absolute Gasteiger partial charge is 0.224 e. The van der Waals surface area contributed by atoms with Crippen molar-refractivity contribution in [1.82, 2.24) is 25.5 Å². The Kier molecular flexibility index (Phi) is 4.43. The van der Waals surface area contributed by atoms with Crippen LogP contribution in [0, 0.1) is 5.92 Å². The molecule has 3 N–H and O–H groups in total. The van der Waals surface area contributed by atoms with Crippen LogP contribution in [0.25, 0.3) is 5.69 Å². The zero-order chi connectivity index (χ0) is 15.4. The zero-order valence-electron chi connectivity index (χ0n) is 12.4. The predicted octanol–water partition coefficient (Wildman–Crippen LogP) is 0.448. The predicted molar refractivity (Wildman–Crippen MR) is 81.2 cm³/mol. The maximum atomic E-state index is 12.2. The van der Waals surface area contributed by atoms with Crippen molar-refractivity contribution in [3.05, 3.63) is 36.2 Å². The van der Waals surface area contributed by atoms with Crippen LogP contribution in [0.1, 0.15) is 24.8 Å². The fraction of sp³-hybridized carbons (Fsp3) is 0.467.